The monoisotopic (exact) mass is 379 g/mol. The molecule has 148 valence electrons. The van der Waals surface area contributed by atoms with Crippen LogP contribution in [0.15, 0.2) is 48.5 Å². The number of benzene rings is 2. The molecule has 1 aliphatic heterocycles. The summed E-state index contributed by atoms with van der Waals surface area (Å²) in [5.74, 6) is -0.139. The van der Waals surface area contributed by atoms with Crippen LogP contribution < -0.4 is 15.5 Å². The maximum Gasteiger partial charge on any atom is 0.253 e. The quantitative estimate of drug-likeness (QED) is 0.752. The van der Waals surface area contributed by atoms with Crippen molar-refractivity contribution >= 4 is 23.2 Å². The summed E-state index contributed by atoms with van der Waals surface area (Å²) in [7, 11) is 0. The van der Waals surface area contributed by atoms with E-state index in [4.69, 9.17) is 0 Å². The molecule has 5 heteroatoms. The van der Waals surface area contributed by atoms with Crippen LogP contribution in [0.25, 0.3) is 0 Å². The number of nitrogens with zero attached hydrogens (tertiary/aromatic N) is 1. The molecule has 0 radical (unpaired) electrons. The third kappa shape index (κ3) is 5.35. The highest BCUT2D eigenvalue weighted by Gasteiger charge is 2.19. The second-order valence-corrected chi connectivity index (χ2v) is 7.25. The summed E-state index contributed by atoms with van der Waals surface area (Å²) in [6.07, 6.45) is 4.78. The molecule has 1 aliphatic rings. The molecule has 0 aromatic heterocycles. The zero-order valence-corrected chi connectivity index (χ0v) is 16.5. The third-order valence-corrected chi connectivity index (χ3v) is 4.99. The number of hydrogen-bond acceptors (Lipinski definition) is 3. The number of carbonyl (C=O) groups excluding carboxylic acids is 2. The molecule has 0 aliphatic carbocycles. The van der Waals surface area contributed by atoms with Gasteiger partial charge in [0.15, 0.2) is 0 Å². The van der Waals surface area contributed by atoms with Crippen LogP contribution >= 0.6 is 0 Å². The SMILES string of the molecule is CCCC(=O)Nc1ccc(N2CCCCC2)c(C(=O)NCc2ccccc2)c1. The van der Waals surface area contributed by atoms with Crippen LogP contribution in [0.5, 0.6) is 0 Å². The standard InChI is InChI=1S/C23H29N3O2/c1-2-9-22(27)25-19-12-13-21(26-14-7-4-8-15-26)20(16-19)23(28)24-17-18-10-5-3-6-11-18/h3,5-6,10-13,16H,2,4,7-9,14-15,17H2,1H3,(H,24,28)(H,25,27). The largest absolute Gasteiger partial charge is 0.371 e. The zero-order valence-electron chi connectivity index (χ0n) is 16.5. The fourth-order valence-electron chi connectivity index (χ4n) is 3.53. The van der Waals surface area contributed by atoms with E-state index >= 15 is 0 Å². The molecular weight excluding hydrogens is 350 g/mol. The van der Waals surface area contributed by atoms with Gasteiger partial charge in [-0.3, -0.25) is 9.59 Å². The van der Waals surface area contributed by atoms with Crippen molar-refractivity contribution in [2.75, 3.05) is 23.3 Å². The highest BCUT2D eigenvalue weighted by atomic mass is 16.2. The van der Waals surface area contributed by atoms with Gasteiger partial charge in [0.05, 0.1) is 5.56 Å². The first kappa shape index (κ1) is 19.9. The van der Waals surface area contributed by atoms with Gasteiger partial charge in [0.25, 0.3) is 5.91 Å². The molecule has 3 rings (SSSR count). The van der Waals surface area contributed by atoms with E-state index in [1.165, 1.54) is 6.42 Å². The maximum atomic E-state index is 13.0. The molecule has 0 atom stereocenters. The number of carbonyl (C=O) groups is 2. The minimum absolute atomic E-state index is 0.0242. The molecular formula is C23H29N3O2. The Kier molecular flexibility index (Phi) is 7.06. The molecule has 1 fully saturated rings. The van der Waals surface area contributed by atoms with Gasteiger partial charge in [0.1, 0.15) is 0 Å². The first-order valence-corrected chi connectivity index (χ1v) is 10.2. The molecule has 0 spiro atoms. The highest BCUT2D eigenvalue weighted by molar-refractivity contribution is 6.02. The van der Waals surface area contributed by atoms with Crippen molar-refractivity contribution in [3.8, 4) is 0 Å². The normalized spacial score (nSPS) is 13.8. The van der Waals surface area contributed by atoms with Gasteiger partial charge in [-0.2, -0.15) is 0 Å². The van der Waals surface area contributed by atoms with Crippen LogP contribution in [-0.4, -0.2) is 24.9 Å². The van der Waals surface area contributed by atoms with Crippen molar-refractivity contribution in [2.24, 2.45) is 0 Å². The minimum atomic E-state index is -0.115. The number of anilines is 2. The Bertz CT molecular complexity index is 799. The van der Waals surface area contributed by atoms with E-state index in [-0.39, 0.29) is 11.8 Å². The smallest absolute Gasteiger partial charge is 0.253 e. The van der Waals surface area contributed by atoms with Crippen molar-refractivity contribution < 1.29 is 9.59 Å². The van der Waals surface area contributed by atoms with Crippen LogP contribution in [0.3, 0.4) is 0 Å². The Labute approximate surface area is 167 Å². The second kappa shape index (κ2) is 9.93. The van der Waals surface area contributed by atoms with Crippen molar-refractivity contribution in [3.05, 3.63) is 59.7 Å². The number of rotatable bonds is 7. The van der Waals surface area contributed by atoms with Gasteiger partial charge in [-0.25, -0.2) is 0 Å². The maximum absolute atomic E-state index is 13.0. The van der Waals surface area contributed by atoms with Gasteiger partial charge in [-0.1, -0.05) is 37.3 Å². The van der Waals surface area contributed by atoms with E-state index in [2.05, 4.69) is 15.5 Å². The number of hydrogen-bond donors (Lipinski definition) is 2. The number of nitrogens with one attached hydrogen (secondary N) is 2. The Balaban J connectivity index is 1.80. The van der Waals surface area contributed by atoms with Gasteiger partial charge < -0.3 is 15.5 Å². The minimum Gasteiger partial charge on any atom is -0.371 e. The van der Waals surface area contributed by atoms with Crippen molar-refractivity contribution in [1.29, 1.82) is 0 Å². The molecule has 2 aromatic rings. The lowest BCUT2D eigenvalue weighted by molar-refractivity contribution is -0.116. The molecule has 2 N–H and O–H groups in total. The highest BCUT2D eigenvalue weighted by Crippen LogP contribution is 2.27. The summed E-state index contributed by atoms with van der Waals surface area (Å²) in [4.78, 5) is 27.2. The van der Waals surface area contributed by atoms with Gasteiger partial charge in [0, 0.05) is 37.4 Å². The van der Waals surface area contributed by atoms with Crippen molar-refractivity contribution in [1.82, 2.24) is 5.32 Å². The Morgan fingerprint density at radius 3 is 2.46 bits per heavy atom. The van der Waals surface area contributed by atoms with Crippen LogP contribution in [0, 0.1) is 0 Å². The van der Waals surface area contributed by atoms with E-state index in [1.807, 2.05) is 49.4 Å². The van der Waals surface area contributed by atoms with Crippen LogP contribution in [0.4, 0.5) is 11.4 Å². The summed E-state index contributed by atoms with van der Waals surface area (Å²) in [6.45, 7) is 4.37. The molecule has 1 saturated heterocycles. The van der Waals surface area contributed by atoms with Gasteiger partial charge in [-0.15, -0.1) is 0 Å². The van der Waals surface area contributed by atoms with Crippen LogP contribution in [-0.2, 0) is 11.3 Å². The Morgan fingerprint density at radius 1 is 1.00 bits per heavy atom. The van der Waals surface area contributed by atoms with Crippen LogP contribution in [0.1, 0.15) is 54.9 Å². The number of piperidine rings is 1. The molecule has 0 bridgehead atoms. The lowest BCUT2D eigenvalue weighted by Crippen LogP contribution is -2.32. The van der Waals surface area contributed by atoms with E-state index in [0.29, 0.717) is 24.2 Å². The summed E-state index contributed by atoms with van der Waals surface area (Å²) >= 11 is 0. The average molecular weight is 380 g/mol. The Hall–Kier alpha value is -2.82. The predicted molar refractivity (Wildman–Crippen MR) is 114 cm³/mol. The van der Waals surface area contributed by atoms with Crippen molar-refractivity contribution in [3.63, 3.8) is 0 Å². The third-order valence-electron chi connectivity index (χ3n) is 4.99. The number of amides is 2. The van der Waals surface area contributed by atoms with E-state index in [1.54, 1.807) is 6.07 Å². The molecule has 1 heterocycles. The molecule has 0 unspecified atom stereocenters. The Morgan fingerprint density at radius 2 is 1.75 bits per heavy atom. The average Bonchev–Trinajstić information content (AvgIpc) is 2.73. The lowest BCUT2D eigenvalue weighted by atomic mass is 10.1. The topological polar surface area (TPSA) is 61.4 Å². The van der Waals surface area contributed by atoms with Gasteiger partial charge in [0.2, 0.25) is 5.91 Å². The van der Waals surface area contributed by atoms with E-state index in [0.717, 1.165) is 43.6 Å². The molecule has 2 amide bonds. The molecule has 0 saturated carbocycles. The van der Waals surface area contributed by atoms with Crippen LogP contribution in [0.2, 0.25) is 0 Å². The molecule has 28 heavy (non-hydrogen) atoms. The first-order chi connectivity index (χ1) is 13.7. The zero-order chi connectivity index (χ0) is 19.8. The lowest BCUT2D eigenvalue weighted by Gasteiger charge is -2.30. The van der Waals surface area contributed by atoms with E-state index in [9.17, 15) is 9.59 Å². The summed E-state index contributed by atoms with van der Waals surface area (Å²) in [5.41, 5.74) is 3.29. The van der Waals surface area contributed by atoms with Gasteiger partial charge >= 0.3 is 0 Å². The first-order valence-electron chi connectivity index (χ1n) is 10.2. The molecule has 5 nitrogen and oxygen atoms in total. The summed E-state index contributed by atoms with van der Waals surface area (Å²) in [5, 5.41) is 5.93. The summed E-state index contributed by atoms with van der Waals surface area (Å²) < 4.78 is 0. The summed E-state index contributed by atoms with van der Waals surface area (Å²) in [6, 6.07) is 15.5. The predicted octanol–water partition coefficient (Wildman–Crippen LogP) is 4.35. The van der Waals surface area contributed by atoms with Crippen molar-refractivity contribution in [2.45, 2.75) is 45.6 Å². The fourth-order valence-corrected chi connectivity index (χ4v) is 3.53. The molecule has 2 aromatic carbocycles. The van der Waals surface area contributed by atoms with E-state index < -0.39 is 0 Å². The van der Waals surface area contributed by atoms with Gasteiger partial charge in [-0.05, 0) is 49.4 Å². The second-order valence-electron chi connectivity index (χ2n) is 7.25. The fraction of sp³-hybridized carbons (Fsp3) is 0.391.